The molecule has 0 aromatic heterocycles. The number of fused-ring (bicyclic) bond motifs is 3. The van der Waals surface area contributed by atoms with Crippen molar-refractivity contribution in [1.82, 2.24) is 0 Å². The van der Waals surface area contributed by atoms with Gasteiger partial charge in [0.05, 0.1) is 0 Å². The molecule has 1 nitrogen and oxygen atoms in total. The fourth-order valence-corrected chi connectivity index (χ4v) is 6.70. The van der Waals surface area contributed by atoms with Gasteiger partial charge in [0.25, 0.3) is 0 Å². The third kappa shape index (κ3) is 4.68. The van der Waals surface area contributed by atoms with E-state index in [0.29, 0.717) is 0 Å². The van der Waals surface area contributed by atoms with Crippen LogP contribution >= 0.6 is 0 Å². The van der Waals surface area contributed by atoms with Crippen LogP contribution in [-0.2, 0) is 0 Å². The van der Waals surface area contributed by atoms with Crippen molar-refractivity contribution in [3.8, 4) is 33.4 Å². The van der Waals surface area contributed by atoms with Gasteiger partial charge in [-0.2, -0.15) is 0 Å². The number of nitrogens with two attached hydrogens (primary N) is 1. The molecule has 0 saturated heterocycles. The lowest BCUT2D eigenvalue weighted by Crippen LogP contribution is -1.97. The van der Waals surface area contributed by atoms with E-state index in [1.165, 1.54) is 71.3 Å². The Morgan fingerprint density at radius 2 is 1.05 bits per heavy atom. The van der Waals surface area contributed by atoms with Gasteiger partial charge >= 0.3 is 0 Å². The standard InChI is InChI=1S/C43H35N/c1-4-12-33(29(3)44)31-13-11-14-32(27-31)42-37-17-7-9-19-39(37)43(40-20-10-8-18-38(40)42)41-26-25-34(30-23-21-28(2)22-24-30)35-15-5-6-16-36(35)41/h4-27H,44H2,1-3H3/b12-4-,33-29+. The van der Waals surface area contributed by atoms with Crippen molar-refractivity contribution >= 4 is 37.9 Å². The summed E-state index contributed by atoms with van der Waals surface area (Å²) in [5.74, 6) is 0. The van der Waals surface area contributed by atoms with Gasteiger partial charge in [-0.15, -0.1) is 0 Å². The van der Waals surface area contributed by atoms with E-state index in [1.54, 1.807) is 0 Å². The van der Waals surface area contributed by atoms with Gasteiger partial charge in [0.15, 0.2) is 0 Å². The summed E-state index contributed by atoms with van der Waals surface area (Å²) in [6.45, 7) is 6.14. The lowest BCUT2D eigenvalue weighted by atomic mass is 9.83. The van der Waals surface area contributed by atoms with E-state index >= 15 is 0 Å². The first-order chi connectivity index (χ1) is 21.5. The van der Waals surface area contributed by atoms with Gasteiger partial charge in [0, 0.05) is 5.70 Å². The molecule has 2 N–H and O–H groups in total. The molecule has 0 radical (unpaired) electrons. The summed E-state index contributed by atoms with van der Waals surface area (Å²) in [5, 5.41) is 7.50. The molecule has 7 aromatic carbocycles. The van der Waals surface area contributed by atoms with Crippen LogP contribution in [0.1, 0.15) is 25.0 Å². The van der Waals surface area contributed by atoms with Crippen LogP contribution in [-0.4, -0.2) is 0 Å². The largest absolute Gasteiger partial charge is 0.402 e. The van der Waals surface area contributed by atoms with Crippen LogP contribution in [0.2, 0.25) is 0 Å². The van der Waals surface area contributed by atoms with Gasteiger partial charge in [-0.25, -0.2) is 0 Å². The Hall–Kier alpha value is -5.40. The SMILES string of the molecule is C/C=C\C(=C(\C)N)c1cccc(-c2c3ccccc3c(-c3ccc(-c4ccc(C)cc4)c4ccccc34)c3ccccc23)c1. The van der Waals surface area contributed by atoms with E-state index in [4.69, 9.17) is 5.73 Å². The predicted octanol–water partition coefficient (Wildman–Crippen LogP) is 11.7. The molecule has 0 heterocycles. The minimum absolute atomic E-state index is 0.811. The molecule has 1 heteroatoms. The van der Waals surface area contributed by atoms with Crippen molar-refractivity contribution in [2.75, 3.05) is 0 Å². The van der Waals surface area contributed by atoms with Crippen molar-refractivity contribution in [3.05, 3.63) is 162 Å². The van der Waals surface area contributed by atoms with Crippen LogP contribution in [0.25, 0.3) is 71.3 Å². The maximum atomic E-state index is 6.34. The minimum Gasteiger partial charge on any atom is -0.402 e. The molecule has 0 amide bonds. The molecule has 0 aliphatic rings. The fourth-order valence-electron chi connectivity index (χ4n) is 6.70. The van der Waals surface area contributed by atoms with Crippen LogP contribution in [0.15, 0.2) is 151 Å². The van der Waals surface area contributed by atoms with Crippen molar-refractivity contribution < 1.29 is 0 Å². The summed E-state index contributed by atoms with van der Waals surface area (Å²) in [4.78, 5) is 0. The van der Waals surface area contributed by atoms with Crippen molar-refractivity contribution in [3.63, 3.8) is 0 Å². The second-order valence-electron chi connectivity index (χ2n) is 11.6. The maximum absolute atomic E-state index is 6.34. The van der Waals surface area contributed by atoms with Crippen LogP contribution in [0.5, 0.6) is 0 Å². The fraction of sp³-hybridized carbons (Fsp3) is 0.0698. The second-order valence-corrected chi connectivity index (χ2v) is 11.6. The van der Waals surface area contributed by atoms with Crippen LogP contribution in [0.3, 0.4) is 0 Å². The molecule has 0 unspecified atom stereocenters. The average Bonchev–Trinajstić information content (AvgIpc) is 3.06. The van der Waals surface area contributed by atoms with Gasteiger partial charge in [0.2, 0.25) is 0 Å². The number of hydrogen-bond donors (Lipinski definition) is 1. The van der Waals surface area contributed by atoms with Crippen LogP contribution in [0, 0.1) is 6.92 Å². The van der Waals surface area contributed by atoms with E-state index in [2.05, 4.69) is 146 Å². The van der Waals surface area contributed by atoms with Crippen molar-refractivity contribution in [1.29, 1.82) is 0 Å². The van der Waals surface area contributed by atoms with E-state index in [-0.39, 0.29) is 0 Å². The highest BCUT2D eigenvalue weighted by Crippen LogP contribution is 2.46. The number of aryl methyl sites for hydroxylation is 1. The summed E-state index contributed by atoms with van der Waals surface area (Å²) in [6, 6.07) is 48.8. The smallest absolute Gasteiger partial charge is 0.0128 e. The molecule has 212 valence electrons. The second kappa shape index (κ2) is 11.4. The summed E-state index contributed by atoms with van der Waals surface area (Å²) in [7, 11) is 0. The Morgan fingerprint density at radius 1 is 0.523 bits per heavy atom. The normalized spacial score (nSPS) is 12.3. The lowest BCUT2D eigenvalue weighted by molar-refractivity contribution is 1.32. The van der Waals surface area contributed by atoms with Gasteiger partial charge in [-0.3, -0.25) is 0 Å². The molecule has 0 fully saturated rings. The van der Waals surface area contributed by atoms with Crippen LogP contribution in [0.4, 0.5) is 0 Å². The van der Waals surface area contributed by atoms with E-state index in [0.717, 1.165) is 16.8 Å². The zero-order valence-corrected chi connectivity index (χ0v) is 25.4. The molecular weight excluding hydrogens is 530 g/mol. The van der Waals surface area contributed by atoms with Crippen molar-refractivity contribution in [2.45, 2.75) is 20.8 Å². The van der Waals surface area contributed by atoms with Gasteiger partial charge in [0.1, 0.15) is 0 Å². The summed E-state index contributed by atoms with van der Waals surface area (Å²) in [5.41, 5.74) is 18.0. The highest BCUT2D eigenvalue weighted by Gasteiger charge is 2.19. The summed E-state index contributed by atoms with van der Waals surface area (Å²) >= 11 is 0. The van der Waals surface area contributed by atoms with E-state index < -0.39 is 0 Å². The number of rotatable bonds is 5. The zero-order chi connectivity index (χ0) is 30.2. The molecule has 0 aliphatic carbocycles. The molecule has 0 bridgehead atoms. The van der Waals surface area contributed by atoms with E-state index in [1.807, 2.05) is 19.9 Å². The van der Waals surface area contributed by atoms with Gasteiger partial charge < -0.3 is 5.73 Å². The highest BCUT2D eigenvalue weighted by atomic mass is 14.6. The summed E-state index contributed by atoms with van der Waals surface area (Å²) in [6.07, 6.45) is 4.14. The molecule has 0 saturated carbocycles. The Morgan fingerprint density at radius 3 is 1.61 bits per heavy atom. The number of hydrogen-bond acceptors (Lipinski definition) is 1. The third-order valence-corrected chi connectivity index (χ3v) is 8.71. The summed E-state index contributed by atoms with van der Waals surface area (Å²) < 4.78 is 0. The molecule has 7 rings (SSSR count). The number of allylic oxidation sites excluding steroid dienone is 4. The minimum atomic E-state index is 0.811. The zero-order valence-electron chi connectivity index (χ0n) is 25.4. The Labute approximate surface area is 259 Å². The van der Waals surface area contributed by atoms with Gasteiger partial charge in [-0.05, 0) is 104 Å². The average molecular weight is 566 g/mol. The quantitative estimate of drug-likeness (QED) is 0.163. The van der Waals surface area contributed by atoms with Crippen molar-refractivity contribution in [2.24, 2.45) is 5.73 Å². The molecule has 0 aliphatic heterocycles. The van der Waals surface area contributed by atoms with E-state index in [9.17, 15) is 0 Å². The lowest BCUT2D eigenvalue weighted by Gasteiger charge is -2.20. The molecular formula is C43H35N. The Kier molecular flexibility index (Phi) is 7.08. The van der Waals surface area contributed by atoms with Gasteiger partial charge in [-0.1, -0.05) is 145 Å². The highest BCUT2D eigenvalue weighted by molar-refractivity contribution is 6.24. The molecule has 0 spiro atoms. The first-order valence-corrected chi connectivity index (χ1v) is 15.3. The molecule has 44 heavy (non-hydrogen) atoms. The predicted molar refractivity (Wildman–Crippen MR) is 192 cm³/mol. The maximum Gasteiger partial charge on any atom is 0.0128 e. The Balaban J connectivity index is 1.54. The topological polar surface area (TPSA) is 26.0 Å². The first-order valence-electron chi connectivity index (χ1n) is 15.3. The molecule has 7 aromatic rings. The van der Waals surface area contributed by atoms with Crippen LogP contribution < -0.4 is 5.73 Å². The first kappa shape index (κ1) is 27.4. The third-order valence-electron chi connectivity index (χ3n) is 8.71. The Bertz CT molecular complexity index is 2190. The number of benzene rings is 7. The monoisotopic (exact) mass is 565 g/mol. The molecule has 0 atom stereocenters.